The largest absolute Gasteiger partial charge is 0.382 e. The molecule has 0 bridgehead atoms. The van der Waals surface area contributed by atoms with E-state index in [9.17, 15) is 0 Å². The van der Waals surface area contributed by atoms with E-state index in [-0.39, 0.29) is 0 Å². The predicted molar refractivity (Wildman–Crippen MR) is 61.7 cm³/mol. The van der Waals surface area contributed by atoms with Crippen LogP contribution in [-0.4, -0.2) is 50.8 Å². The minimum absolute atomic E-state index is 0.571. The first-order valence-corrected chi connectivity index (χ1v) is 5.70. The van der Waals surface area contributed by atoms with E-state index in [1.54, 1.807) is 0 Å². The quantitative estimate of drug-likeness (QED) is 0.571. The average Bonchev–Trinajstić information content (AvgIpc) is 2.17. The molecule has 0 amide bonds. The molecule has 0 saturated carbocycles. The fourth-order valence-electron chi connectivity index (χ4n) is 1.33. The molecule has 1 N–H and O–H groups in total. The van der Waals surface area contributed by atoms with E-state index in [2.05, 4.69) is 31.1 Å². The van der Waals surface area contributed by atoms with Crippen molar-refractivity contribution in [2.75, 3.05) is 39.9 Å². The molecule has 0 heterocycles. The number of rotatable bonds is 9. The lowest BCUT2D eigenvalue weighted by Crippen LogP contribution is -2.37. The van der Waals surface area contributed by atoms with Crippen molar-refractivity contribution in [1.82, 2.24) is 10.2 Å². The third-order valence-corrected chi connectivity index (χ3v) is 2.29. The van der Waals surface area contributed by atoms with Gasteiger partial charge in [-0.05, 0) is 40.4 Å². The van der Waals surface area contributed by atoms with Crippen molar-refractivity contribution in [2.24, 2.45) is 0 Å². The van der Waals surface area contributed by atoms with Gasteiger partial charge >= 0.3 is 0 Å². The lowest BCUT2D eigenvalue weighted by molar-refractivity contribution is 0.143. The molecule has 0 rings (SSSR count). The highest BCUT2D eigenvalue weighted by Crippen LogP contribution is 1.88. The molecule has 14 heavy (non-hydrogen) atoms. The van der Waals surface area contributed by atoms with E-state index in [1.165, 1.54) is 0 Å². The summed E-state index contributed by atoms with van der Waals surface area (Å²) in [5.41, 5.74) is 0. The molecule has 0 aromatic rings. The number of hydrogen-bond acceptors (Lipinski definition) is 3. The maximum Gasteiger partial charge on any atom is 0.0477 e. The van der Waals surface area contributed by atoms with E-state index in [0.29, 0.717) is 6.04 Å². The highest BCUT2D eigenvalue weighted by molar-refractivity contribution is 4.64. The minimum Gasteiger partial charge on any atom is -0.382 e. The van der Waals surface area contributed by atoms with Crippen molar-refractivity contribution in [1.29, 1.82) is 0 Å². The Morgan fingerprint density at radius 3 is 2.64 bits per heavy atom. The van der Waals surface area contributed by atoms with Gasteiger partial charge in [0.25, 0.3) is 0 Å². The van der Waals surface area contributed by atoms with Gasteiger partial charge in [-0.1, -0.05) is 6.92 Å². The van der Waals surface area contributed by atoms with Crippen LogP contribution >= 0.6 is 0 Å². The Morgan fingerprint density at radius 1 is 1.36 bits per heavy atom. The van der Waals surface area contributed by atoms with Crippen LogP contribution in [0.4, 0.5) is 0 Å². The van der Waals surface area contributed by atoms with Crippen molar-refractivity contribution in [2.45, 2.75) is 33.2 Å². The molecule has 3 nitrogen and oxygen atoms in total. The Bertz CT molecular complexity index is 120. The van der Waals surface area contributed by atoms with Crippen LogP contribution in [0.2, 0.25) is 0 Å². The van der Waals surface area contributed by atoms with Gasteiger partial charge in [-0.25, -0.2) is 0 Å². The monoisotopic (exact) mass is 202 g/mol. The smallest absolute Gasteiger partial charge is 0.0477 e. The molecule has 0 aliphatic rings. The van der Waals surface area contributed by atoms with Crippen LogP contribution in [0, 0.1) is 0 Å². The summed E-state index contributed by atoms with van der Waals surface area (Å²) in [4.78, 5) is 2.32. The zero-order valence-corrected chi connectivity index (χ0v) is 10.2. The number of ether oxygens (including phenoxy) is 1. The lowest BCUT2D eigenvalue weighted by Gasteiger charge is -2.20. The molecule has 0 aliphatic heterocycles. The number of nitrogens with zero attached hydrogens (tertiary/aromatic N) is 1. The number of hydrogen-bond donors (Lipinski definition) is 1. The Balaban J connectivity index is 3.22. The van der Waals surface area contributed by atoms with Crippen molar-refractivity contribution in [3.05, 3.63) is 0 Å². The Kier molecular flexibility index (Phi) is 9.35. The minimum atomic E-state index is 0.571. The Morgan fingerprint density at radius 2 is 2.07 bits per heavy atom. The van der Waals surface area contributed by atoms with Gasteiger partial charge in [0.1, 0.15) is 0 Å². The van der Waals surface area contributed by atoms with Crippen LogP contribution in [0.1, 0.15) is 27.2 Å². The van der Waals surface area contributed by atoms with E-state index in [0.717, 1.165) is 39.3 Å². The van der Waals surface area contributed by atoms with Crippen LogP contribution in [0.5, 0.6) is 0 Å². The average molecular weight is 202 g/mol. The van der Waals surface area contributed by atoms with Crippen LogP contribution in [0.25, 0.3) is 0 Å². The van der Waals surface area contributed by atoms with Crippen LogP contribution in [-0.2, 0) is 4.74 Å². The first kappa shape index (κ1) is 13.9. The third kappa shape index (κ3) is 8.48. The van der Waals surface area contributed by atoms with Gasteiger partial charge in [-0.3, -0.25) is 0 Å². The molecule has 0 aromatic heterocycles. The van der Waals surface area contributed by atoms with Gasteiger partial charge < -0.3 is 15.0 Å². The summed E-state index contributed by atoms with van der Waals surface area (Å²) >= 11 is 0. The number of nitrogens with one attached hydrogen (secondary N) is 1. The van der Waals surface area contributed by atoms with Crippen LogP contribution < -0.4 is 5.32 Å². The van der Waals surface area contributed by atoms with Crippen LogP contribution in [0.3, 0.4) is 0 Å². The standard InChI is InChI=1S/C11H26N2O/c1-5-13(4)10-11(3)12-8-7-9-14-6-2/h11-12H,5-10H2,1-4H3. The van der Waals surface area contributed by atoms with Crippen LogP contribution in [0.15, 0.2) is 0 Å². The van der Waals surface area contributed by atoms with Gasteiger partial charge in [0.15, 0.2) is 0 Å². The zero-order valence-electron chi connectivity index (χ0n) is 10.2. The van der Waals surface area contributed by atoms with Crippen molar-refractivity contribution in [3.8, 4) is 0 Å². The van der Waals surface area contributed by atoms with Crippen molar-refractivity contribution >= 4 is 0 Å². The molecule has 1 atom stereocenters. The van der Waals surface area contributed by atoms with Gasteiger partial charge in [-0.2, -0.15) is 0 Å². The molecule has 86 valence electrons. The second kappa shape index (κ2) is 9.44. The topological polar surface area (TPSA) is 24.5 Å². The van der Waals surface area contributed by atoms with E-state index in [1.807, 2.05) is 6.92 Å². The Hall–Kier alpha value is -0.120. The molecule has 0 aromatic carbocycles. The fourth-order valence-corrected chi connectivity index (χ4v) is 1.33. The molecule has 0 aliphatic carbocycles. The summed E-state index contributed by atoms with van der Waals surface area (Å²) in [7, 11) is 2.15. The fraction of sp³-hybridized carbons (Fsp3) is 1.00. The van der Waals surface area contributed by atoms with Gasteiger partial charge in [0.2, 0.25) is 0 Å². The SMILES string of the molecule is CCOCCCNC(C)CN(C)CC. The van der Waals surface area contributed by atoms with E-state index in [4.69, 9.17) is 4.74 Å². The van der Waals surface area contributed by atoms with Gasteiger partial charge in [-0.15, -0.1) is 0 Å². The maximum atomic E-state index is 5.27. The molecule has 0 radical (unpaired) electrons. The van der Waals surface area contributed by atoms with Gasteiger partial charge in [0, 0.05) is 25.8 Å². The number of likely N-dealkylation sites (N-methyl/N-ethyl adjacent to an activating group) is 1. The normalized spacial score (nSPS) is 13.5. The summed E-state index contributed by atoms with van der Waals surface area (Å²) in [6, 6.07) is 0.571. The van der Waals surface area contributed by atoms with E-state index >= 15 is 0 Å². The molecule has 3 heteroatoms. The third-order valence-electron chi connectivity index (χ3n) is 2.29. The van der Waals surface area contributed by atoms with Gasteiger partial charge in [0.05, 0.1) is 0 Å². The highest BCUT2D eigenvalue weighted by atomic mass is 16.5. The summed E-state index contributed by atoms with van der Waals surface area (Å²) in [5.74, 6) is 0. The summed E-state index contributed by atoms with van der Waals surface area (Å²) in [6.45, 7) is 11.4. The van der Waals surface area contributed by atoms with Crippen molar-refractivity contribution in [3.63, 3.8) is 0 Å². The highest BCUT2D eigenvalue weighted by Gasteiger charge is 2.02. The molecule has 0 spiro atoms. The zero-order chi connectivity index (χ0) is 10.8. The van der Waals surface area contributed by atoms with E-state index < -0.39 is 0 Å². The first-order valence-electron chi connectivity index (χ1n) is 5.70. The lowest BCUT2D eigenvalue weighted by atomic mass is 10.3. The molecular weight excluding hydrogens is 176 g/mol. The second-order valence-electron chi connectivity index (χ2n) is 3.76. The predicted octanol–water partition coefficient (Wildman–Crippen LogP) is 1.34. The molecule has 0 saturated heterocycles. The molecule has 1 unspecified atom stereocenters. The second-order valence-corrected chi connectivity index (χ2v) is 3.76. The first-order chi connectivity index (χ1) is 6.70. The summed E-state index contributed by atoms with van der Waals surface area (Å²) in [5, 5.41) is 3.49. The molecule has 0 fully saturated rings. The van der Waals surface area contributed by atoms with Crippen molar-refractivity contribution < 1.29 is 4.74 Å². The summed E-state index contributed by atoms with van der Waals surface area (Å²) < 4.78 is 5.27. The maximum absolute atomic E-state index is 5.27. The Labute approximate surface area is 88.8 Å². The molecular formula is C11H26N2O. The summed E-state index contributed by atoms with van der Waals surface area (Å²) in [6.07, 6.45) is 1.11.